The molecular weight excluding hydrogens is 340 g/mol. The molecule has 136 valence electrons. The summed E-state index contributed by atoms with van der Waals surface area (Å²) >= 11 is 0. The number of carboxylic acids is 2. The number of phenols is 1. The molecule has 0 saturated carbocycles. The van der Waals surface area contributed by atoms with Gasteiger partial charge in [-0.1, -0.05) is 6.07 Å². The highest BCUT2D eigenvalue weighted by Crippen LogP contribution is 2.31. The van der Waals surface area contributed by atoms with Crippen molar-refractivity contribution < 1.29 is 49.7 Å². The van der Waals surface area contributed by atoms with Crippen molar-refractivity contribution in [3.63, 3.8) is 0 Å². The SMILES string of the molecule is O=C(O)/C=C/c1ccc(O[C@@H]2OC(C(=O)O)[C@@H](O)C(O)C2O)c(O)c1. The van der Waals surface area contributed by atoms with Gasteiger partial charge >= 0.3 is 11.9 Å². The minimum Gasteiger partial charge on any atom is -0.504 e. The smallest absolute Gasteiger partial charge is 0.335 e. The third-order valence-electron chi connectivity index (χ3n) is 3.46. The zero-order chi connectivity index (χ0) is 18.7. The van der Waals surface area contributed by atoms with Gasteiger partial charge in [0.1, 0.15) is 18.3 Å². The molecule has 1 aromatic carbocycles. The Kier molecular flexibility index (Phi) is 5.59. The van der Waals surface area contributed by atoms with Gasteiger partial charge in [0.05, 0.1) is 0 Å². The predicted octanol–water partition coefficient (Wildman–Crippen LogP) is -1.24. The van der Waals surface area contributed by atoms with E-state index in [1.807, 2.05) is 0 Å². The van der Waals surface area contributed by atoms with Crippen LogP contribution in [0.1, 0.15) is 5.56 Å². The normalized spacial score (nSPS) is 29.5. The molecule has 0 aromatic heterocycles. The third-order valence-corrected chi connectivity index (χ3v) is 3.46. The van der Waals surface area contributed by atoms with Crippen LogP contribution in [0.3, 0.4) is 0 Å². The van der Waals surface area contributed by atoms with Crippen LogP contribution in [0.5, 0.6) is 11.5 Å². The molecule has 0 amide bonds. The van der Waals surface area contributed by atoms with Gasteiger partial charge in [0.2, 0.25) is 6.29 Å². The van der Waals surface area contributed by atoms with Crippen molar-refractivity contribution in [3.05, 3.63) is 29.8 Å². The van der Waals surface area contributed by atoms with Crippen LogP contribution in [-0.4, -0.2) is 73.3 Å². The summed E-state index contributed by atoms with van der Waals surface area (Å²) in [6.07, 6.45) is -6.87. The van der Waals surface area contributed by atoms with Crippen LogP contribution >= 0.6 is 0 Å². The number of carbonyl (C=O) groups is 2. The Morgan fingerprint density at radius 3 is 2.32 bits per heavy atom. The molecule has 0 aliphatic carbocycles. The molecule has 2 rings (SSSR count). The summed E-state index contributed by atoms with van der Waals surface area (Å²) in [4.78, 5) is 21.5. The zero-order valence-electron chi connectivity index (χ0n) is 12.6. The number of aliphatic hydroxyl groups excluding tert-OH is 3. The minimum atomic E-state index is -1.86. The summed E-state index contributed by atoms with van der Waals surface area (Å²) in [6.45, 7) is 0. The van der Waals surface area contributed by atoms with E-state index >= 15 is 0 Å². The lowest BCUT2D eigenvalue weighted by Gasteiger charge is -2.38. The summed E-state index contributed by atoms with van der Waals surface area (Å²) in [7, 11) is 0. The van der Waals surface area contributed by atoms with E-state index in [1.54, 1.807) is 0 Å². The lowest BCUT2D eigenvalue weighted by atomic mass is 9.99. The monoisotopic (exact) mass is 356 g/mol. The van der Waals surface area contributed by atoms with Crippen molar-refractivity contribution in [3.8, 4) is 11.5 Å². The van der Waals surface area contributed by atoms with E-state index in [0.29, 0.717) is 5.56 Å². The molecule has 10 heteroatoms. The van der Waals surface area contributed by atoms with E-state index in [-0.39, 0.29) is 5.75 Å². The molecule has 1 heterocycles. The Hall–Kier alpha value is -2.66. The first kappa shape index (κ1) is 18.7. The Morgan fingerprint density at radius 2 is 1.76 bits per heavy atom. The van der Waals surface area contributed by atoms with Crippen molar-refractivity contribution >= 4 is 18.0 Å². The Labute approximate surface area is 140 Å². The van der Waals surface area contributed by atoms with Crippen molar-refractivity contribution in [2.45, 2.75) is 30.7 Å². The van der Waals surface area contributed by atoms with Crippen LogP contribution in [0.25, 0.3) is 6.08 Å². The van der Waals surface area contributed by atoms with Gasteiger partial charge in [0.15, 0.2) is 17.6 Å². The van der Waals surface area contributed by atoms with Crippen molar-refractivity contribution in [2.24, 2.45) is 0 Å². The van der Waals surface area contributed by atoms with Crippen LogP contribution < -0.4 is 4.74 Å². The maximum absolute atomic E-state index is 11.0. The molecule has 10 nitrogen and oxygen atoms in total. The van der Waals surface area contributed by atoms with Gasteiger partial charge in [0.25, 0.3) is 0 Å². The van der Waals surface area contributed by atoms with E-state index in [4.69, 9.17) is 19.7 Å². The summed E-state index contributed by atoms with van der Waals surface area (Å²) in [5.41, 5.74) is 0.344. The number of rotatable bonds is 5. The van der Waals surface area contributed by atoms with E-state index in [0.717, 1.165) is 6.08 Å². The van der Waals surface area contributed by atoms with Gasteiger partial charge in [-0.3, -0.25) is 0 Å². The highest BCUT2D eigenvalue weighted by Gasteiger charge is 2.48. The molecule has 0 bridgehead atoms. The molecule has 5 atom stereocenters. The molecule has 1 aliphatic rings. The van der Waals surface area contributed by atoms with E-state index < -0.39 is 48.4 Å². The van der Waals surface area contributed by atoms with Gasteiger partial charge in [0, 0.05) is 6.08 Å². The zero-order valence-corrected chi connectivity index (χ0v) is 12.6. The maximum Gasteiger partial charge on any atom is 0.335 e. The molecule has 1 fully saturated rings. The van der Waals surface area contributed by atoms with Crippen LogP contribution in [0.2, 0.25) is 0 Å². The molecule has 1 saturated heterocycles. The van der Waals surface area contributed by atoms with E-state index in [1.165, 1.54) is 24.3 Å². The molecule has 1 aliphatic heterocycles. The Morgan fingerprint density at radius 1 is 1.08 bits per heavy atom. The largest absolute Gasteiger partial charge is 0.504 e. The third kappa shape index (κ3) is 4.25. The molecule has 25 heavy (non-hydrogen) atoms. The Bertz CT molecular complexity index is 685. The summed E-state index contributed by atoms with van der Waals surface area (Å²) in [5, 5.41) is 56.5. The van der Waals surface area contributed by atoms with Crippen LogP contribution in [-0.2, 0) is 14.3 Å². The fourth-order valence-electron chi connectivity index (χ4n) is 2.18. The van der Waals surface area contributed by atoms with Gasteiger partial charge < -0.3 is 40.1 Å². The lowest BCUT2D eigenvalue weighted by molar-refractivity contribution is -0.271. The number of carboxylic acid groups (broad SMARTS) is 2. The quantitative estimate of drug-likeness (QED) is 0.350. The average molecular weight is 356 g/mol. The lowest BCUT2D eigenvalue weighted by Crippen LogP contribution is -2.61. The second kappa shape index (κ2) is 7.49. The fraction of sp³-hybridized carbons (Fsp3) is 0.333. The Balaban J connectivity index is 2.17. The second-order valence-electron chi connectivity index (χ2n) is 5.25. The van der Waals surface area contributed by atoms with Crippen LogP contribution in [0.15, 0.2) is 24.3 Å². The van der Waals surface area contributed by atoms with Gasteiger partial charge in [-0.15, -0.1) is 0 Å². The predicted molar refractivity (Wildman–Crippen MR) is 79.7 cm³/mol. The topological polar surface area (TPSA) is 174 Å². The number of benzene rings is 1. The first-order valence-electron chi connectivity index (χ1n) is 7.04. The van der Waals surface area contributed by atoms with Gasteiger partial charge in [-0.2, -0.15) is 0 Å². The van der Waals surface area contributed by atoms with Gasteiger partial charge in [-0.05, 0) is 23.8 Å². The van der Waals surface area contributed by atoms with Crippen LogP contribution in [0, 0.1) is 0 Å². The number of hydrogen-bond acceptors (Lipinski definition) is 8. The maximum atomic E-state index is 11.0. The number of phenolic OH excluding ortho intramolecular Hbond substituents is 1. The average Bonchev–Trinajstić information content (AvgIpc) is 2.54. The van der Waals surface area contributed by atoms with E-state index in [2.05, 4.69) is 0 Å². The fourth-order valence-corrected chi connectivity index (χ4v) is 2.18. The number of aliphatic carboxylic acids is 2. The number of ether oxygens (including phenoxy) is 2. The summed E-state index contributed by atoms with van der Waals surface area (Å²) in [5.74, 6) is -3.38. The summed E-state index contributed by atoms with van der Waals surface area (Å²) in [6, 6.07) is 3.80. The molecule has 0 spiro atoms. The highest BCUT2D eigenvalue weighted by molar-refractivity contribution is 5.85. The second-order valence-corrected chi connectivity index (χ2v) is 5.25. The van der Waals surface area contributed by atoms with Crippen LogP contribution in [0.4, 0.5) is 0 Å². The van der Waals surface area contributed by atoms with Crippen molar-refractivity contribution in [1.29, 1.82) is 0 Å². The highest BCUT2D eigenvalue weighted by atomic mass is 16.7. The van der Waals surface area contributed by atoms with E-state index in [9.17, 15) is 30.0 Å². The molecule has 1 aromatic rings. The standard InChI is InChI=1S/C15H16O10/c16-7-5-6(2-4-9(17)18)1-3-8(7)24-15-12(21)10(19)11(20)13(25-15)14(22)23/h1-5,10-13,15-16,19-21H,(H,17,18)(H,22,23)/b4-2+/t10?,11-,12?,13?,15+/m0/s1. The first-order chi connectivity index (χ1) is 11.7. The first-order valence-corrected chi connectivity index (χ1v) is 7.04. The molecule has 0 radical (unpaired) electrons. The number of aromatic hydroxyl groups is 1. The number of hydrogen-bond donors (Lipinski definition) is 6. The molecular formula is C15H16O10. The molecule has 3 unspecified atom stereocenters. The summed E-state index contributed by atoms with van der Waals surface area (Å²) < 4.78 is 10.1. The minimum absolute atomic E-state index is 0.204. The van der Waals surface area contributed by atoms with Gasteiger partial charge in [-0.25, -0.2) is 9.59 Å². The molecule has 6 N–H and O–H groups in total. The van der Waals surface area contributed by atoms with Crippen molar-refractivity contribution in [1.82, 2.24) is 0 Å². The van der Waals surface area contributed by atoms with Crippen molar-refractivity contribution in [2.75, 3.05) is 0 Å². The number of aliphatic hydroxyl groups is 3.